The zero-order chi connectivity index (χ0) is 15.9. The van der Waals surface area contributed by atoms with Gasteiger partial charge in [0.2, 0.25) is 0 Å². The molecule has 3 rings (SSSR count). The summed E-state index contributed by atoms with van der Waals surface area (Å²) < 4.78 is 25.3. The molecular weight excluding hydrogens is 308 g/mol. The molecule has 8 nitrogen and oxygen atoms in total. The minimum atomic E-state index is -3.39. The first-order valence-electron chi connectivity index (χ1n) is 6.72. The van der Waals surface area contributed by atoms with Crippen LogP contribution in [0.3, 0.4) is 0 Å². The first-order valence-corrected chi connectivity index (χ1v) is 8.61. The lowest BCUT2D eigenvalue weighted by molar-refractivity contribution is 0.0965. The molecule has 116 valence electrons. The second-order valence-corrected chi connectivity index (χ2v) is 7.33. The zero-order valence-electron chi connectivity index (χ0n) is 11.8. The fraction of sp³-hybridized carbons (Fsp3) is 0.385. The second-order valence-electron chi connectivity index (χ2n) is 5.32. The highest BCUT2D eigenvalue weighted by Gasteiger charge is 2.28. The molecule has 1 fully saturated rings. The lowest BCUT2D eigenvalue weighted by Crippen LogP contribution is -2.27. The van der Waals surface area contributed by atoms with Crippen molar-refractivity contribution in [1.82, 2.24) is 19.8 Å². The standard InChI is InChI=1S/C13H14N4O4S/c1-22(20,21)11-4-2-3-9(7-11)12(18)8-16-13(19)17(15-14-16)10-5-6-10/h2-4,7,10H,5-6,8H2,1H3. The molecule has 1 aliphatic rings. The summed E-state index contributed by atoms with van der Waals surface area (Å²) in [6.45, 7) is -0.265. The summed E-state index contributed by atoms with van der Waals surface area (Å²) in [7, 11) is -3.39. The second kappa shape index (κ2) is 5.16. The Morgan fingerprint density at radius 3 is 2.68 bits per heavy atom. The minimum absolute atomic E-state index is 0.0623. The third-order valence-corrected chi connectivity index (χ3v) is 4.54. The van der Waals surface area contributed by atoms with Gasteiger partial charge in [0.1, 0.15) is 6.54 Å². The van der Waals surface area contributed by atoms with Gasteiger partial charge in [-0.3, -0.25) is 4.79 Å². The van der Waals surface area contributed by atoms with Gasteiger partial charge >= 0.3 is 5.69 Å². The van der Waals surface area contributed by atoms with Crippen LogP contribution in [0.25, 0.3) is 0 Å². The van der Waals surface area contributed by atoms with Crippen molar-refractivity contribution >= 4 is 15.6 Å². The number of sulfone groups is 1. The van der Waals surface area contributed by atoms with Crippen LogP contribution in [0.1, 0.15) is 29.2 Å². The number of hydrogen-bond acceptors (Lipinski definition) is 6. The summed E-state index contributed by atoms with van der Waals surface area (Å²) in [5, 5.41) is 7.44. The summed E-state index contributed by atoms with van der Waals surface area (Å²) in [5.74, 6) is -0.393. The quantitative estimate of drug-likeness (QED) is 0.721. The summed E-state index contributed by atoms with van der Waals surface area (Å²) in [5.41, 5.74) is -0.203. The fourth-order valence-corrected chi connectivity index (χ4v) is 2.73. The maximum absolute atomic E-state index is 12.2. The number of aromatic nitrogens is 4. The SMILES string of the molecule is CS(=O)(=O)c1cccc(C(=O)Cn2nnn(C3CC3)c2=O)c1. The number of hydrogen-bond donors (Lipinski definition) is 0. The Bertz CT molecular complexity index is 893. The van der Waals surface area contributed by atoms with Gasteiger partial charge in [-0.05, 0) is 35.4 Å². The average molecular weight is 322 g/mol. The maximum atomic E-state index is 12.2. The molecule has 0 unspecified atom stereocenters. The summed E-state index contributed by atoms with van der Waals surface area (Å²) >= 11 is 0. The molecule has 1 heterocycles. The summed E-state index contributed by atoms with van der Waals surface area (Å²) in [6, 6.07) is 5.81. The van der Waals surface area contributed by atoms with E-state index < -0.39 is 21.3 Å². The van der Waals surface area contributed by atoms with Crippen LogP contribution in [-0.4, -0.2) is 40.2 Å². The Hall–Kier alpha value is -2.29. The predicted octanol–water partition coefficient (Wildman–Crippen LogP) is 0.0611. The molecule has 0 bridgehead atoms. The molecule has 0 N–H and O–H groups in total. The van der Waals surface area contributed by atoms with E-state index >= 15 is 0 Å². The van der Waals surface area contributed by atoms with Crippen molar-refractivity contribution in [2.75, 3.05) is 6.26 Å². The van der Waals surface area contributed by atoms with Crippen LogP contribution in [0.4, 0.5) is 0 Å². The molecule has 0 aliphatic heterocycles. The molecule has 0 saturated heterocycles. The van der Waals surface area contributed by atoms with Gasteiger partial charge in [-0.1, -0.05) is 12.1 Å². The van der Waals surface area contributed by atoms with Gasteiger partial charge in [0.05, 0.1) is 10.9 Å². The van der Waals surface area contributed by atoms with Gasteiger partial charge < -0.3 is 0 Å². The topological polar surface area (TPSA) is 104 Å². The number of tetrazole rings is 1. The molecule has 1 aromatic heterocycles. The number of nitrogens with zero attached hydrogens (tertiary/aromatic N) is 4. The van der Waals surface area contributed by atoms with Gasteiger partial charge in [0, 0.05) is 11.8 Å². The van der Waals surface area contributed by atoms with E-state index in [1.54, 1.807) is 0 Å². The first-order chi connectivity index (χ1) is 10.4. The molecule has 1 aromatic carbocycles. The first kappa shape index (κ1) is 14.6. The molecule has 9 heteroatoms. The third-order valence-electron chi connectivity index (χ3n) is 3.43. The van der Waals surface area contributed by atoms with Gasteiger partial charge in [0.25, 0.3) is 0 Å². The Balaban J connectivity index is 1.84. The van der Waals surface area contributed by atoms with E-state index in [4.69, 9.17) is 0 Å². The lowest BCUT2D eigenvalue weighted by atomic mass is 10.1. The Kier molecular flexibility index (Phi) is 3.44. The number of ketones is 1. The summed E-state index contributed by atoms with van der Waals surface area (Å²) in [4.78, 5) is 24.3. The van der Waals surface area contributed by atoms with Crippen molar-refractivity contribution in [2.24, 2.45) is 0 Å². The number of carbonyl (C=O) groups is 1. The van der Waals surface area contributed by atoms with Crippen LogP contribution < -0.4 is 5.69 Å². The van der Waals surface area contributed by atoms with E-state index in [9.17, 15) is 18.0 Å². The molecule has 1 saturated carbocycles. The fourth-order valence-electron chi connectivity index (χ4n) is 2.06. The summed E-state index contributed by atoms with van der Waals surface area (Å²) in [6.07, 6.45) is 2.86. The van der Waals surface area contributed by atoms with Crippen LogP contribution in [0.15, 0.2) is 34.0 Å². The highest BCUT2D eigenvalue weighted by molar-refractivity contribution is 7.90. The molecule has 0 radical (unpaired) electrons. The van der Waals surface area contributed by atoms with Crippen LogP contribution in [0, 0.1) is 0 Å². The van der Waals surface area contributed by atoms with E-state index in [0.29, 0.717) is 0 Å². The molecule has 2 aromatic rings. The van der Waals surface area contributed by atoms with Crippen molar-refractivity contribution in [3.63, 3.8) is 0 Å². The Morgan fingerprint density at radius 1 is 1.32 bits per heavy atom. The van der Waals surface area contributed by atoms with E-state index in [1.165, 1.54) is 28.9 Å². The van der Waals surface area contributed by atoms with Crippen molar-refractivity contribution in [3.05, 3.63) is 40.3 Å². The van der Waals surface area contributed by atoms with Gasteiger partial charge in [-0.2, -0.15) is 9.36 Å². The smallest absolute Gasteiger partial charge is 0.292 e. The number of rotatable bonds is 5. The number of Topliss-reactive ketones (excluding diaryl/α,β-unsaturated/α-hetero) is 1. The van der Waals surface area contributed by atoms with Crippen molar-refractivity contribution < 1.29 is 13.2 Å². The Labute approximate surface area is 126 Å². The third kappa shape index (κ3) is 2.84. The number of carbonyl (C=O) groups excluding carboxylic acids is 1. The van der Waals surface area contributed by atoms with E-state index in [-0.39, 0.29) is 23.0 Å². The van der Waals surface area contributed by atoms with E-state index in [2.05, 4.69) is 10.4 Å². The molecule has 1 aliphatic carbocycles. The predicted molar refractivity (Wildman–Crippen MR) is 76.4 cm³/mol. The Morgan fingerprint density at radius 2 is 2.05 bits per heavy atom. The van der Waals surface area contributed by atoms with Crippen molar-refractivity contribution in [2.45, 2.75) is 30.3 Å². The zero-order valence-corrected chi connectivity index (χ0v) is 12.7. The molecule has 0 atom stereocenters. The van der Waals surface area contributed by atoms with Crippen LogP contribution in [0.2, 0.25) is 0 Å². The molecular formula is C13H14N4O4S. The highest BCUT2D eigenvalue weighted by atomic mass is 32.2. The molecule has 22 heavy (non-hydrogen) atoms. The monoisotopic (exact) mass is 322 g/mol. The van der Waals surface area contributed by atoms with Gasteiger partial charge in [0.15, 0.2) is 15.6 Å². The lowest BCUT2D eigenvalue weighted by Gasteiger charge is -2.03. The average Bonchev–Trinajstić information content (AvgIpc) is 3.24. The molecule has 0 spiro atoms. The van der Waals surface area contributed by atoms with Crippen LogP contribution in [-0.2, 0) is 16.4 Å². The van der Waals surface area contributed by atoms with Crippen molar-refractivity contribution in [1.29, 1.82) is 0 Å². The van der Waals surface area contributed by atoms with E-state index in [0.717, 1.165) is 23.8 Å². The molecule has 0 amide bonds. The normalized spacial score (nSPS) is 15.0. The van der Waals surface area contributed by atoms with Crippen molar-refractivity contribution in [3.8, 4) is 0 Å². The minimum Gasteiger partial charge on any atom is -0.292 e. The maximum Gasteiger partial charge on any atom is 0.364 e. The largest absolute Gasteiger partial charge is 0.364 e. The number of benzene rings is 1. The van der Waals surface area contributed by atoms with Gasteiger partial charge in [-0.25, -0.2) is 13.2 Å². The van der Waals surface area contributed by atoms with E-state index in [1.807, 2.05) is 0 Å². The van der Waals surface area contributed by atoms with Crippen LogP contribution >= 0.6 is 0 Å². The van der Waals surface area contributed by atoms with Crippen LogP contribution in [0.5, 0.6) is 0 Å². The highest BCUT2D eigenvalue weighted by Crippen LogP contribution is 2.32. The van der Waals surface area contributed by atoms with Gasteiger partial charge in [-0.15, -0.1) is 0 Å².